The third-order valence-corrected chi connectivity index (χ3v) is 3.42. The topological polar surface area (TPSA) is 38.3 Å². The van der Waals surface area contributed by atoms with E-state index in [1.165, 1.54) is 18.2 Å². The minimum absolute atomic E-state index is 0.333. The highest BCUT2D eigenvalue weighted by atomic mass is 19.1. The van der Waals surface area contributed by atoms with Crippen LogP contribution in [0.5, 0.6) is 11.5 Å². The van der Waals surface area contributed by atoms with Crippen LogP contribution < -0.4 is 10.1 Å². The second kappa shape index (κ2) is 7.93. The van der Waals surface area contributed by atoms with E-state index < -0.39 is 0 Å². The normalized spacial score (nSPS) is 10.6. The van der Waals surface area contributed by atoms with Crippen molar-refractivity contribution in [2.75, 3.05) is 5.32 Å². The molecule has 0 aliphatic rings. The van der Waals surface area contributed by atoms with Gasteiger partial charge in [-0.2, -0.15) is 0 Å². The molecule has 3 rings (SSSR count). The molecule has 0 radical (unpaired) electrons. The van der Waals surface area contributed by atoms with Gasteiger partial charge in [0.2, 0.25) is 5.91 Å². The van der Waals surface area contributed by atoms with E-state index in [0.717, 1.165) is 5.75 Å². The summed E-state index contributed by atoms with van der Waals surface area (Å²) in [6, 6.07) is 22.7. The van der Waals surface area contributed by atoms with Crippen LogP contribution in [0.15, 0.2) is 84.9 Å². The highest BCUT2D eigenvalue weighted by Gasteiger charge is 2.01. The number of ether oxygens (including phenoxy) is 1. The number of hydrogen-bond acceptors (Lipinski definition) is 2. The molecule has 4 heteroatoms. The molecule has 0 spiro atoms. The predicted molar refractivity (Wildman–Crippen MR) is 97.0 cm³/mol. The molecule has 0 aliphatic heterocycles. The second-order valence-corrected chi connectivity index (χ2v) is 5.28. The molecule has 3 aromatic rings. The van der Waals surface area contributed by atoms with Crippen LogP contribution in [0.3, 0.4) is 0 Å². The van der Waals surface area contributed by atoms with Crippen LogP contribution in [0.2, 0.25) is 0 Å². The van der Waals surface area contributed by atoms with E-state index in [1.54, 1.807) is 42.5 Å². The van der Waals surface area contributed by atoms with Crippen molar-refractivity contribution < 1.29 is 13.9 Å². The molecule has 0 heterocycles. The molecule has 3 aromatic carbocycles. The van der Waals surface area contributed by atoms with Gasteiger partial charge in [-0.3, -0.25) is 4.79 Å². The van der Waals surface area contributed by atoms with E-state index in [0.29, 0.717) is 17.0 Å². The fourth-order valence-electron chi connectivity index (χ4n) is 2.19. The quantitative estimate of drug-likeness (QED) is 0.646. The maximum atomic E-state index is 13.5. The van der Waals surface area contributed by atoms with Gasteiger partial charge in [0.05, 0.1) is 0 Å². The standard InChI is InChI=1S/C21H16FNO2/c22-20-9-5-4-6-16(20)10-15-21(24)23-17-11-13-19(14-12-17)25-18-7-2-1-3-8-18/h1-15H,(H,23,24)/b15-10+. The van der Waals surface area contributed by atoms with Gasteiger partial charge in [0.25, 0.3) is 0 Å². The Labute approximate surface area is 145 Å². The van der Waals surface area contributed by atoms with Crippen molar-refractivity contribution in [3.05, 3.63) is 96.3 Å². The summed E-state index contributed by atoms with van der Waals surface area (Å²) >= 11 is 0. The minimum Gasteiger partial charge on any atom is -0.457 e. The van der Waals surface area contributed by atoms with Gasteiger partial charge in [0, 0.05) is 17.3 Å². The van der Waals surface area contributed by atoms with Gasteiger partial charge >= 0.3 is 0 Å². The van der Waals surface area contributed by atoms with Crippen LogP contribution >= 0.6 is 0 Å². The molecule has 0 aromatic heterocycles. The molecule has 0 aliphatic carbocycles. The average Bonchev–Trinajstić information content (AvgIpc) is 2.64. The zero-order valence-corrected chi connectivity index (χ0v) is 13.4. The Balaban J connectivity index is 1.59. The number of anilines is 1. The van der Waals surface area contributed by atoms with Crippen LogP contribution in [-0.2, 0) is 4.79 Å². The van der Waals surface area contributed by atoms with Gasteiger partial charge in [0.15, 0.2) is 0 Å². The van der Waals surface area contributed by atoms with Crippen molar-refractivity contribution in [2.45, 2.75) is 0 Å². The maximum absolute atomic E-state index is 13.5. The number of nitrogens with one attached hydrogen (secondary N) is 1. The molecule has 0 saturated heterocycles. The lowest BCUT2D eigenvalue weighted by Gasteiger charge is -2.07. The van der Waals surface area contributed by atoms with Gasteiger partial charge in [-0.15, -0.1) is 0 Å². The average molecular weight is 333 g/mol. The molecule has 0 bridgehead atoms. The number of benzene rings is 3. The largest absolute Gasteiger partial charge is 0.457 e. The molecule has 0 unspecified atom stereocenters. The second-order valence-electron chi connectivity index (χ2n) is 5.28. The number of carbonyl (C=O) groups is 1. The molecular weight excluding hydrogens is 317 g/mol. The molecule has 0 saturated carbocycles. The van der Waals surface area contributed by atoms with Crippen molar-refractivity contribution in [1.82, 2.24) is 0 Å². The number of carbonyl (C=O) groups excluding carboxylic acids is 1. The molecule has 0 atom stereocenters. The van der Waals surface area contributed by atoms with Gasteiger partial charge in [-0.1, -0.05) is 36.4 Å². The molecule has 124 valence electrons. The number of hydrogen-bond donors (Lipinski definition) is 1. The summed E-state index contributed by atoms with van der Waals surface area (Å²) in [7, 11) is 0. The van der Waals surface area contributed by atoms with Crippen LogP contribution in [0.4, 0.5) is 10.1 Å². The Hall–Kier alpha value is -3.40. The third-order valence-electron chi connectivity index (χ3n) is 3.42. The summed E-state index contributed by atoms with van der Waals surface area (Å²) in [6.45, 7) is 0. The fourth-order valence-corrected chi connectivity index (χ4v) is 2.19. The first-order chi connectivity index (χ1) is 12.2. The van der Waals surface area contributed by atoms with Crippen molar-refractivity contribution in [3.63, 3.8) is 0 Å². The Morgan fingerprint density at radius 2 is 1.48 bits per heavy atom. The van der Waals surface area contributed by atoms with Crippen LogP contribution in [0.25, 0.3) is 6.08 Å². The Morgan fingerprint density at radius 3 is 2.20 bits per heavy atom. The maximum Gasteiger partial charge on any atom is 0.248 e. The smallest absolute Gasteiger partial charge is 0.248 e. The highest BCUT2D eigenvalue weighted by Crippen LogP contribution is 2.22. The SMILES string of the molecule is O=C(/C=C/c1ccccc1F)Nc1ccc(Oc2ccccc2)cc1. The van der Waals surface area contributed by atoms with E-state index in [-0.39, 0.29) is 11.7 Å². The van der Waals surface area contributed by atoms with Crippen molar-refractivity contribution >= 4 is 17.7 Å². The Bertz CT molecular complexity index is 874. The molecule has 0 fully saturated rings. The lowest BCUT2D eigenvalue weighted by Crippen LogP contribution is -2.07. The van der Waals surface area contributed by atoms with Crippen LogP contribution in [0.1, 0.15) is 5.56 Å². The zero-order valence-electron chi connectivity index (χ0n) is 13.4. The molecule has 25 heavy (non-hydrogen) atoms. The van der Waals surface area contributed by atoms with E-state index in [4.69, 9.17) is 4.74 Å². The number of halogens is 1. The van der Waals surface area contributed by atoms with Gasteiger partial charge < -0.3 is 10.1 Å². The molecular formula is C21H16FNO2. The number of rotatable bonds is 5. The van der Waals surface area contributed by atoms with Crippen LogP contribution in [-0.4, -0.2) is 5.91 Å². The highest BCUT2D eigenvalue weighted by molar-refractivity contribution is 6.01. The molecule has 3 nitrogen and oxygen atoms in total. The van der Waals surface area contributed by atoms with Crippen molar-refractivity contribution in [1.29, 1.82) is 0 Å². The van der Waals surface area contributed by atoms with Gasteiger partial charge in [0.1, 0.15) is 17.3 Å². The van der Waals surface area contributed by atoms with Gasteiger partial charge in [-0.25, -0.2) is 4.39 Å². The first kappa shape index (κ1) is 16.5. The van der Waals surface area contributed by atoms with Crippen molar-refractivity contribution in [3.8, 4) is 11.5 Å². The Kier molecular flexibility index (Phi) is 5.22. The van der Waals surface area contributed by atoms with Crippen molar-refractivity contribution in [2.24, 2.45) is 0 Å². The number of amides is 1. The first-order valence-electron chi connectivity index (χ1n) is 7.77. The van der Waals surface area contributed by atoms with Gasteiger partial charge in [-0.05, 0) is 48.5 Å². The predicted octanol–water partition coefficient (Wildman–Crippen LogP) is 5.27. The zero-order chi connectivity index (χ0) is 17.5. The summed E-state index contributed by atoms with van der Waals surface area (Å²) < 4.78 is 19.2. The summed E-state index contributed by atoms with van der Waals surface area (Å²) in [5, 5.41) is 2.72. The first-order valence-corrected chi connectivity index (χ1v) is 7.77. The van der Waals surface area contributed by atoms with E-state index in [1.807, 2.05) is 30.3 Å². The summed E-state index contributed by atoms with van der Waals surface area (Å²) in [6.07, 6.45) is 2.74. The molecule has 1 amide bonds. The summed E-state index contributed by atoms with van der Waals surface area (Å²) in [4.78, 5) is 11.9. The Morgan fingerprint density at radius 1 is 0.840 bits per heavy atom. The fraction of sp³-hybridized carbons (Fsp3) is 0. The third kappa shape index (κ3) is 4.78. The van der Waals surface area contributed by atoms with E-state index in [9.17, 15) is 9.18 Å². The lowest BCUT2D eigenvalue weighted by atomic mass is 10.2. The molecule has 1 N–H and O–H groups in total. The monoisotopic (exact) mass is 333 g/mol. The lowest BCUT2D eigenvalue weighted by molar-refractivity contribution is -0.111. The van der Waals surface area contributed by atoms with E-state index >= 15 is 0 Å². The van der Waals surface area contributed by atoms with E-state index in [2.05, 4.69) is 5.32 Å². The summed E-state index contributed by atoms with van der Waals surface area (Å²) in [5.41, 5.74) is 0.993. The van der Waals surface area contributed by atoms with Crippen LogP contribution in [0, 0.1) is 5.82 Å². The minimum atomic E-state index is -0.367. The summed E-state index contributed by atoms with van der Waals surface area (Å²) in [5.74, 6) is 0.715. The number of para-hydroxylation sites is 1.